The number of carbonyl (C=O) groups excluding carboxylic acids is 1. The van der Waals surface area contributed by atoms with Gasteiger partial charge in [-0.2, -0.15) is 0 Å². The molecule has 1 aliphatic rings. The van der Waals surface area contributed by atoms with Gasteiger partial charge in [0.1, 0.15) is 0 Å². The third-order valence-corrected chi connectivity index (χ3v) is 6.13. The van der Waals surface area contributed by atoms with Gasteiger partial charge in [0.2, 0.25) is 0 Å². The van der Waals surface area contributed by atoms with Crippen molar-refractivity contribution in [2.45, 2.75) is 36.6 Å². The lowest BCUT2D eigenvalue weighted by molar-refractivity contribution is 0.0939. The molecule has 1 aliphatic carbocycles. The highest BCUT2D eigenvalue weighted by molar-refractivity contribution is 7.92. The molecule has 150 valence electrons. The quantitative estimate of drug-likeness (QED) is 0.739. The summed E-state index contributed by atoms with van der Waals surface area (Å²) in [5, 5.41) is 2.98. The zero-order valence-electron chi connectivity index (χ0n) is 15.9. The Hall–Kier alpha value is -2.74. The molecule has 0 atom stereocenters. The molecule has 0 unspecified atom stereocenters. The van der Waals surface area contributed by atoms with E-state index in [2.05, 4.69) is 10.0 Å². The Morgan fingerprint density at radius 1 is 1.00 bits per heavy atom. The first-order chi connectivity index (χ1) is 13.4. The maximum atomic E-state index is 12.8. The Kier molecular flexibility index (Phi) is 6.08. The van der Waals surface area contributed by atoms with Gasteiger partial charge in [-0.05, 0) is 37.1 Å². The monoisotopic (exact) mass is 404 g/mol. The fraction of sp³-hybridized carbons (Fsp3) is 0.350. The van der Waals surface area contributed by atoms with Gasteiger partial charge in [0.15, 0.2) is 11.5 Å². The molecule has 1 fully saturated rings. The number of nitrogens with one attached hydrogen (secondary N) is 2. The van der Waals surface area contributed by atoms with Crippen molar-refractivity contribution in [3.05, 3.63) is 48.0 Å². The fourth-order valence-electron chi connectivity index (χ4n) is 3.29. The summed E-state index contributed by atoms with van der Waals surface area (Å²) in [7, 11) is -1.01. The van der Waals surface area contributed by atoms with E-state index in [1.165, 1.54) is 32.4 Å². The van der Waals surface area contributed by atoms with Gasteiger partial charge in [0, 0.05) is 12.1 Å². The van der Waals surface area contributed by atoms with Crippen LogP contribution in [-0.2, 0) is 10.0 Å². The summed E-state index contributed by atoms with van der Waals surface area (Å²) >= 11 is 0. The van der Waals surface area contributed by atoms with Crippen LogP contribution >= 0.6 is 0 Å². The molecule has 1 amide bonds. The van der Waals surface area contributed by atoms with Crippen molar-refractivity contribution in [3.63, 3.8) is 0 Å². The maximum absolute atomic E-state index is 12.8. The van der Waals surface area contributed by atoms with Crippen LogP contribution in [-0.4, -0.2) is 34.6 Å². The van der Waals surface area contributed by atoms with E-state index >= 15 is 0 Å². The number of sulfonamides is 1. The largest absolute Gasteiger partial charge is 0.493 e. The number of anilines is 1. The van der Waals surface area contributed by atoms with E-state index in [9.17, 15) is 13.2 Å². The van der Waals surface area contributed by atoms with E-state index in [0.717, 1.165) is 25.7 Å². The van der Waals surface area contributed by atoms with E-state index in [1.807, 2.05) is 0 Å². The molecule has 0 spiro atoms. The minimum atomic E-state index is -3.92. The molecule has 0 aliphatic heterocycles. The summed E-state index contributed by atoms with van der Waals surface area (Å²) < 4.78 is 38.5. The van der Waals surface area contributed by atoms with Crippen molar-refractivity contribution in [3.8, 4) is 11.5 Å². The summed E-state index contributed by atoms with van der Waals surface area (Å²) in [5.41, 5.74) is 0.520. The van der Waals surface area contributed by atoms with Crippen LogP contribution < -0.4 is 19.5 Å². The van der Waals surface area contributed by atoms with Gasteiger partial charge in [-0.15, -0.1) is 0 Å². The summed E-state index contributed by atoms with van der Waals surface area (Å²) in [6.45, 7) is 0. The highest BCUT2D eigenvalue weighted by Gasteiger charge is 2.22. The van der Waals surface area contributed by atoms with Crippen LogP contribution in [0.1, 0.15) is 36.0 Å². The van der Waals surface area contributed by atoms with Crippen molar-refractivity contribution < 1.29 is 22.7 Å². The van der Waals surface area contributed by atoms with Crippen molar-refractivity contribution in [2.75, 3.05) is 18.9 Å². The van der Waals surface area contributed by atoms with E-state index in [1.54, 1.807) is 24.3 Å². The number of methoxy groups -OCH3 is 2. The van der Waals surface area contributed by atoms with Gasteiger partial charge in [-0.25, -0.2) is 8.42 Å². The Bertz CT molecular complexity index is 953. The van der Waals surface area contributed by atoms with Crippen LogP contribution in [0.15, 0.2) is 47.4 Å². The molecule has 0 radical (unpaired) electrons. The average molecular weight is 404 g/mol. The fourth-order valence-corrected chi connectivity index (χ4v) is 4.39. The van der Waals surface area contributed by atoms with Gasteiger partial charge in [0.25, 0.3) is 15.9 Å². The molecule has 8 heteroatoms. The van der Waals surface area contributed by atoms with Crippen LogP contribution in [0.2, 0.25) is 0 Å². The second-order valence-corrected chi connectivity index (χ2v) is 8.31. The predicted molar refractivity (Wildman–Crippen MR) is 107 cm³/mol. The highest BCUT2D eigenvalue weighted by atomic mass is 32.2. The third-order valence-electron chi connectivity index (χ3n) is 4.77. The van der Waals surface area contributed by atoms with Gasteiger partial charge >= 0.3 is 0 Å². The van der Waals surface area contributed by atoms with E-state index in [-0.39, 0.29) is 22.5 Å². The molecule has 7 nitrogen and oxygen atoms in total. The topological polar surface area (TPSA) is 93.7 Å². The number of ether oxygens (including phenoxy) is 2. The molecule has 3 rings (SSSR count). The Labute approximate surface area is 165 Å². The Morgan fingerprint density at radius 3 is 2.36 bits per heavy atom. The number of benzene rings is 2. The van der Waals surface area contributed by atoms with Gasteiger partial charge in [0.05, 0.1) is 30.4 Å². The molecule has 2 aromatic rings. The van der Waals surface area contributed by atoms with Gasteiger partial charge in [-0.3, -0.25) is 9.52 Å². The summed E-state index contributed by atoms with van der Waals surface area (Å²) in [6, 6.07) is 11.0. The molecule has 0 heterocycles. The molecule has 28 heavy (non-hydrogen) atoms. The standard InChI is InChI=1S/C20H24N2O5S/c1-26-18-12-11-15(13-19(18)27-2)28(24,25)22-17-10-6-5-9-16(17)20(23)21-14-7-3-4-8-14/h5-6,9-14,22H,3-4,7-8H2,1-2H3,(H,21,23). The minimum absolute atomic E-state index is 0.0103. The number of hydrogen-bond donors (Lipinski definition) is 2. The predicted octanol–water partition coefficient (Wildman–Crippen LogP) is 3.18. The first-order valence-electron chi connectivity index (χ1n) is 9.09. The normalized spacial score (nSPS) is 14.5. The Balaban J connectivity index is 1.85. The number of rotatable bonds is 7. The molecule has 1 saturated carbocycles. The van der Waals surface area contributed by atoms with Crippen LogP contribution in [0.3, 0.4) is 0 Å². The maximum Gasteiger partial charge on any atom is 0.262 e. The number of para-hydroxylation sites is 1. The zero-order valence-corrected chi connectivity index (χ0v) is 16.7. The lowest BCUT2D eigenvalue weighted by Gasteiger charge is -2.16. The lowest BCUT2D eigenvalue weighted by Crippen LogP contribution is -2.33. The Morgan fingerprint density at radius 2 is 1.68 bits per heavy atom. The molecule has 0 bridgehead atoms. The van der Waals surface area contributed by atoms with E-state index in [0.29, 0.717) is 17.1 Å². The summed E-state index contributed by atoms with van der Waals surface area (Å²) in [4.78, 5) is 12.7. The molecule has 0 saturated heterocycles. The van der Waals surface area contributed by atoms with Crippen LogP contribution in [0.5, 0.6) is 11.5 Å². The van der Waals surface area contributed by atoms with Crippen molar-refractivity contribution in [1.29, 1.82) is 0 Å². The second kappa shape index (κ2) is 8.52. The van der Waals surface area contributed by atoms with Crippen LogP contribution in [0, 0.1) is 0 Å². The summed E-state index contributed by atoms with van der Waals surface area (Å²) in [5.74, 6) is 0.452. The molecule has 2 N–H and O–H groups in total. The number of amides is 1. The van der Waals surface area contributed by atoms with E-state index in [4.69, 9.17) is 9.47 Å². The number of carbonyl (C=O) groups is 1. The average Bonchev–Trinajstić information content (AvgIpc) is 3.20. The summed E-state index contributed by atoms with van der Waals surface area (Å²) in [6.07, 6.45) is 4.09. The number of hydrogen-bond acceptors (Lipinski definition) is 5. The van der Waals surface area contributed by atoms with Crippen LogP contribution in [0.25, 0.3) is 0 Å². The molecular formula is C20H24N2O5S. The lowest BCUT2D eigenvalue weighted by atomic mass is 10.1. The van der Waals surface area contributed by atoms with Crippen LogP contribution in [0.4, 0.5) is 5.69 Å². The smallest absolute Gasteiger partial charge is 0.262 e. The van der Waals surface area contributed by atoms with E-state index < -0.39 is 10.0 Å². The van der Waals surface area contributed by atoms with Gasteiger partial charge in [-0.1, -0.05) is 25.0 Å². The minimum Gasteiger partial charge on any atom is -0.493 e. The van der Waals surface area contributed by atoms with Crippen molar-refractivity contribution in [1.82, 2.24) is 5.32 Å². The highest BCUT2D eigenvalue weighted by Crippen LogP contribution is 2.30. The molecule has 0 aromatic heterocycles. The van der Waals surface area contributed by atoms with Crippen molar-refractivity contribution in [2.24, 2.45) is 0 Å². The molecule has 2 aromatic carbocycles. The molecular weight excluding hydrogens is 380 g/mol. The SMILES string of the molecule is COc1ccc(S(=O)(=O)Nc2ccccc2C(=O)NC2CCCC2)cc1OC. The first-order valence-corrected chi connectivity index (χ1v) is 10.6. The first kappa shape index (κ1) is 20.0. The van der Waals surface area contributed by atoms with Crippen molar-refractivity contribution >= 4 is 21.6 Å². The second-order valence-electron chi connectivity index (χ2n) is 6.62. The third kappa shape index (κ3) is 4.39. The zero-order chi connectivity index (χ0) is 20.1. The van der Waals surface area contributed by atoms with Gasteiger partial charge < -0.3 is 14.8 Å².